The molecule has 0 atom stereocenters. The number of halogens is 3. The summed E-state index contributed by atoms with van der Waals surface area (Å²) in [5.74, 6) is 4.75. The van der Waals surface area contributed by atoms with Crippen molar-refractivity contribution in [2.24, 2.45) is 0 Å². The second-order valence-electron chi connectivity index (χ2n) is 2.19. The van der Waals surface area contributed by atoms with Crippen LogP contribution in [0.4, 0.5) is 13.2 Å². The second-order valence-corrected chi connectivity index (χ2v) is 2.19. The first kappa shape index (κ1) is 9.36. The summed E-state index contributed by atoms with van der Waals surface area (Å²) in [7, 11) is 0. The number of hydrogen-bond donors (Lipinski definition) is 2. The third kappa shape index (κ3) is 1.71. The Hall–Kier alpha value is -1.73. The van der Waals surface area contributed by atoms with Gasteiger partial charge in [0.2, 0.25) is 0 Å². The molecule has 0 spiro atoms. The van der Waals surface area contributed by atoms with Gasteiger partial charge in [-0.1, -0.05) is 0 Å². The van der Waals surface area contributed by atoms with Crippen LogP contribution in [0.5, 0.6) is 0 Å². The molecule has 0 bridgehead atoms. The molecule has 1 aromatic rings. The summed E-state index contributed by atoms with van der Waals surface area (Å²) in [5.41, 5.74) is -3.93. The number of nitrogens with one attached hydrogen (secondary N) is 1. The molecule has 5 nitrogen and oxygen atoms in total. The van der Waals surface area contributed by atoms with Crippen molar-refractivity contribution in [2.45, 2.75) is 6.18 Å². The third-order valence-electron chi connectivity index (χ3n) is 1.27. The fourth-order valence-electron chi connectivity index (χ4n) is 0.723. The second kappa shape index (κ2) is 2.64. The Balaban J connectivity index is 3.56. The lowest BCUT2D eigenvalue weighted by atomic mass is 10.4. The van der Waals surface area contributed by atoms with Gasteiger partial charge in [0.1, 0.15) is 0 Å². The average Bonchev–Trinajstić information content (AvgIpc) is 1.94. The minimum atomic E-state index is -4.82. The predicted octanol–water partition coefficient (Wildman–Crippen LogP) is -0.731. The highest BCUT2D eigenvalue weighted by Crippen LogP contribution is 2.26. The highest BCUT2D eigenvalue weighted by atomic mass is 19.4. The summed E-state index contributed by atoms with van der Waals surface area (Å²) >= 11 is 0. The van der Waals surface area contributed by atoms with Crippen LogP contribution in [0.1, 0.15) is 5.69 Å². The summed E-state index contributed by atoms with van der Waals surface area (Å²) in [6.07, 6.45) is -4.82. The van der Waals surface area contributed by atoms with E-state index >= 15 is 0 Å². The van der Waals surface area contributed by atoms with Crippen molar-refractivity contribution < 1.29 is 13.2 Å². The van der Waals surface area contributed by atoms with Crippen LogP contribution in [0.25, 0.3) is 0 Å². The number of rotatable bonds is 0. The third-order valence-corrected chi connectivity index (χ3v) is 1.27. The molecule has 0 unspecified atom stereocenters. The van der Waals surface area contributed by atoms with E-state index in [4.69, 9.17) is 5.84 Å². The number of H-pyrrole nitrogens is 1. The van der Waals surface area contributed by atoms with Gasteiger partial charge < -0.3 is 5.84 Å². The first-order valence-corrected chi connectivity index (χ1v) is 3.01. The van der Waals surface area contributed by atoms with E-state index in [2.05, 4.69) is 0 Å². The molecule has 0 aliphatic heterocycles. The molecule has 1 rings (SSSR count). The molecule has 0 radical (unpaired) electrons. The van der Waals surface area contributed by atoms with E-state index in [1.807, 2.05) is 0 Å². The Bertz CT molecular complexity index is 430. The fourth-order valence-corrected chi connectivity index (χ4v) is 0.723. The summed E-state index contributed by atoms with van der Waals surface area (Å²) < 4.78 is 35.9. The summed E-state index contributed by atoms with van der Waals surface area (Å²) in [5, 5.41) is 0. The van der Waals surface area contributed by atoms with Crippen LogP contribution in [0.15, 0.2) is 15.7 Å². The summed E-state index contributed by atoms with van der Waals surface area (Å²) in [6.45, 7) is 0. The number of nitrogens with two attached hydrogens (primary N) is 1. The van der Waals surface area contributed by atoms with E-state index in [9.17, 15) is 22.8 Å². The Kier molecular flexibility index (Phi) is 1.90. The Morgan fingerprint density at radius 3 is 2.38 bits per heavy atom. The SMILES string of the molecule is Nn1c(C(F)(F)F)cc(=O)[nH]c1=O. The maximum Gasteiger partial charge on any atom is 0.433 e. The van der Waals surface area contributed by atoms with Gasteiger partial charge >= 0.3 is 11.9 Å². The molecular weight excluding hydrogens is 191 g/mol. The molecule has 0 aliphatic carbocycles. The molecule has 0 amide bonds. The monoisotopic (exact) mass is 195 g/mol. The predicted molar refractivity (Wildman–Crippen MR) is 36.5 cm³/mol. The van der Waals surface area contributed by atoms with E-state index in [0.29, 0.717) is 0 Å². The number of nitrogens with zero attached hydrogens (tertiary/aromatic N) is 1. The molecule has 1 heterocycles. The van der Waals surface area contributed by atoms with Crippen LogP contribution in [0.2, 0.25) is 0 Å². The maximum atomic E-state index is 12.0. The molecule has 0 aliphatic rings. The summed E-state index contributed by atoms with van der Waals surface area (Å²) in [6, 6.07) is 0.210. The van der Waals surface area contributed by atoms with Gasteiger partial charge in [0, 0.05) is 6.07 Å². The van der Waals surface area contributed by atoms with Crippen molar-refractivity contribution in [3.05, 3.63) is 32.6 Å². The van der Waals surface area contributed by atoms with Crippen molar-refractivity contribution in [1.29, 1.82) is 0 Å². The number of hydrogen-bond acceptors (Lipinski definition) is 3. The fraction of sp³-hybridized carbons (Fsp3) is 0.200. The zero-order valence-electron chi connectivity index (χ0n) is 6.05. The zero-order chi connectivity index (χ0) is 10.2. The normalized spacial score (nSPS) is 11.6. The zero-order valence-corrected chi connectivity index (χ0v) is 6.05. The van der Waals surface area contributed by atoms with Gasteiger partial charge in [-0.05, 0) is 0 Å². The van der Waals surface area contributed by atoms with E-state index < -0.39 is 23.1 Å². The minimum Gasteiger partial charge on any atom is -0.335 e. The molecule has 8 heteroatoms. The smallest absolute Gasteiger partial charge is 0.335 e. The number of aromatic nitrogens is 2. The minimum absolute atomic E-state index is 0.165. The maximum absolute atomic E-state index is 12.0. The van der Waals surface area contributed by atoms with Crippen LogP contribution in [-0.4, -0.2) is 9.66 Å². The molecule has 3 N–H and O–H groups in total. The molecule has 0 saturated heterocycles. The molecule has 0 saturated carbocycles. The van der Waals surface area contributed by atoms with Crippen molar-refractivity contribution in [1.82, 2.24) is 9.66 Å². The Morgan fingerprint density at radius 1 is 1.38 bits per heavy atom. The highest BCUT2D eigenvalue weighted by molar-refractivity contribution is 5.05. The van der Waals surface area contributed by atoms with Crippen LogP contribution < -0.4 is 17.1 Å². The molecular formula is C5H4F3N3O2. The molecule has 72 valence electrons. The van der Waals surface area contributed by atoms with Gasteiger partial charge in [-0.15, -0.1) is 0 Å². The van der Waals surface area contributed by atoms with Gasteiger partial charge in [-0.2, -0.15) is 13.2 Å². The lowest BCUT2D eigenvalue weighted by Gasteiger charge is -2.08. The standard InChI is InChI=1S/C5H4F3N3O2/c6-5(7,8)2-1-3(12)10-4(13)11(2)9/h1H,9H2,(H,10,12,13). The van der Waals surface area contributed by atoms with E-state index in [1.165, 1.54) is 0 Å². The first-order valence-electron chi connectivity index (χ1n) is 3.01. The Labute approximate surface area is 68.6 Å². The van der Waals surface area contributed by atoms with Gasteiger partial charge in [0.15, 0.2) is 5.69 Å². The van der Waals surface area contributed by atoms with Crippen LogP contribution in [0.3, 0.4) is 0 Å². The quantitative estimate of drug-likeness (QED) is 0.535. The first-order chi connectivity index (χ1) is 5.82. The van der Waals surface area contributed by atoms with Crippen molar-refractivity contribution >= 4 is 0 Å². The van der Waals surface area contributed by atoms with Gasteiger partial charge in [0.25, 0.3) is 5.56 Å². The summed E-state index contributed by atoms with van der Waals surface area (Å²) in [4.78, 5) is 22.7. The number of nitrogen functional groups attached to an aromatic ring is 1. The van der Waals surface area contributed by atoms with Gasteiger partial charge in [-0.3, -0.25) is 9.78 Å². The molecule has 1 aromatic heterocycles. The van der Waals surface area contributed by atoms with E-state index in [1.54, 1.807) is 4.98 Å². The van der Waals surface area contributed by atoms with Crippen LogP contribution in [-0.2, 0) is 6.18 Å². The van der Waals surface area contributed by atoms with Crippen LogP contribution >= 0.6 is 0 Å². The highest BCUT2D eigenvalue weighted by Gasteiger charge is 2.34. The topological polar surface area (TPSA) is 80.9 Å². The average molecular weight is 195 g/mol. The lowest BCUT2D eigenvalue weighted by molar-refractivity contribution is -0.143. The Morgan fingerprint density at radius 2 is 1.92 bits per heavy atom. The van der Waals surface area contributed by atoms with Crippen LogP contribution in [0, 0.1) is 0 Å². The molecule has 13 heavy (non-hydrogen) atoms. The van der Waals surface area contributed by atoms with Crippen molar-refractivity contribution in [3.8, 4) is 0 Å². The molecule has 0 aromatic carbocycles. The number of aromatic amines is 1. The largest absolute Gasteiger partial charge is 0.433 e. The van der Waals surface area contributed by atoms with Gasteiger partial charge in [0.05, 0.1) is 0 Å². The van der Waals surface area contributed by atoms with Crippen molar-refractivity contribution in [2.75, 3.05) is 5.84 Å². The van der Waals surface area contributed by atoms with E-state index in [-0.39, 0.29) is 10.7 Å². The lowest BCUT2D eigenvalue weighted by Crippen LogP contribution is -2.39. The number of alkyl halides is 3. The van der Waals surface area contributed by atoms with Crippen molar-refractivity contribution in [3.63, 3.8) is 0 Å². The molecule has 0 fully saturated rings. The van der Waals surface area contributed by atoms with Gasteiger partial charge in [-0.25, -0.2) is 9.47 Å². The van der Waals surface area contributed by atoms with E-state index in [0.717, 1.165) is 0 Å².